The van der Waals surface area contributed by atoms with Crippen LogP contribution in [0.3, 0.4) is 0 Å². The third-order valence-electron chi connectivity index (χ3n) is 3.47. The number of piperazine rings is 1. The number of hydrogen-bond acceptors (Lipinski definition) is 3. The molecule has 0 spiro atoms. The van der Waals surface area contributed by atoms with Crippen molar-refractivity contribution in [2.24, 2.45) is 0 Å². The van der Waals surface area contributed by atoms with Crippen molar-refractivity contribution in [1.29, 1.82) is 0 Å². The molecule has 0 aliphatic carbocycles. The molecule has 0 amide bonds. The van der Waals surface area contributed by atoms with Crippen molar-refractivity contribution >= 4 is 21.6 Å². The minimum Gasteiger partial charge on any atom is -0.369 e. The van der Waals surface area contributed by atoms with Crippen LogP contribution in [0.4, 0.5) is 5.69 Å². The largest absolute Gasteiger partial charge is 0.369 e. The van der Waals surface area contributed by atoms with Crippen LogP contribution in [-0.2, 0) is 6.54 Å². The van der Waals surface area contributed by atoms with Crippen LogP contribution < -0.4 is 10.2 Å². The Morgan fingerprint density at radius 1 is 1.22 bits per heavy atom. The van der Waals surface area contributed by atoms with Gasteiger partial charge in [0, 0.05) is 42.9 Å². The molecule has 0 bridgehead atoms. The fraction of sp³-hybridized carbons (Fsp3) is 0.571. The first-order valence-corrected chi connectivity index (χ1v) is 7.42. The molecule has 0 aromatic heterocycles. The van der Waals surface area contributed by atoms with Crippen LogP contribution in [0.1, 0.15) is 12.5 Å². The molecule has 1 N–H and O–H groups in total. The van der Waals surface area contributed by atoms with Gasteiger partial charge in [0.2, 0.25) is 0 Å². The minimum absolute atomic E-state index is 0.931. The van der Waals surface area contributed by atoms with Gasteiger partial charge in [0.25, 0.3) is 0 Å². The third kappa shape index (κ3) is 3.46. The highest BCUT2D eigenvalue weighted by atomic mass is 79.9. The van der Waals surface area contributed by atoms with Crippen LogP contribution in [-0.4, -0.2) is 44.7 Å². The Labute approximate surface area is 118 Å². The maximum Gasteiger partial charge on any atom is 0.0378 e. The van der Waals surface area contributed by atoms with Crippen LogP contribution in [0, 0.1) is 0 Å². The molecule has 0 atom stereocenters. The van der Waals surface area contributed by atoms with E-state index in [9.17, 15) is 0 Å². The van der Waals surface area contributed by atoms with E-state index >= 15 is 0 Å². The number of anilines is 1. The Balaban J connectivity index is 2.04. The molecule has 0 unspecified atom stereocenters. The number of halogens is 1. The molecule has 2 rings (SSSR count). The van der Waals surface area contributed by atoms with E-state index in [-0.39, 0.29) is 0 Å². The van der Waals surface area contributed by atoms with E-state index < -0.39 is 0 Å². The molecule has 18 heavy (non-hydrogen) atoms. The summed E-state index contributed by atoms with van der Waals surface area (Å²) in [4.78, 5) is 4.84. The lowest BCUT2D eigenvalue weighted by Gasteiger charge is -2.34. The second kappa shape index (κ2) is 6.55. The monoisotopic (exact) mass is 311 g/mol. The van der Waals surface area contributed by atoms with E-state index in [1.54, 1.807) is 0 Å². The molecule has 1 heterocycles. The summed E-state index contributed by atoms with van der Waals surface area (Å²) >= 11 is 3.68. The quantitative estimate of drug-likeness (QED) is 0.920. The molecule has 1 saturated heterocycles. The Kier molecular flexibility index (Phi) is 5.03. The maximum atomic E-state index is 3.68. The van der Waals surface area contributed by atoms with Gasteiger partial charge in [-0.15, -0.1) is 0 Å². The van der Waals surface area contributed by atoms with Crippen molar-refractivity contribution in [3.8, 4) is 0 Å². The van der Waals surface area contributed by atoms with Crippen LogP contribution in [0.25, 0.3) is 0 Å². The molecule has 3 nitrogen and oxygen atoms in total. The number of likely N-dealkylation sites (N-methyl/N-ethyl adjacent to an activating group) is 1. The number of hydrogen-bond donors (Lipinski definition) is 1. The molecular weight excluding hydrogens is 290 g/mol. The molecule has 100 valence electrons. The van der Waals surface area contributed by atoms with Crippen molar-refractivity contribution in [3.63, 3.8) is 0 Å². The van der Waals surface area contributed by atoms with Gasteiger partial charge in [0.05, 0.1) is 0 Å². The van der Waals surface area contributed by atoms with Gasteiger partial charge >= 0.3 is 0 Å². The summed E-state index contributed by atoms with van der Waals surface area (Å²) in [5.74, 6) is 0. The van der Waals surface area contributed by atoms with Gasteiger partial charge in [0.1, 0.15) is 0 Å². The SMILES string of the molecule is CCNCc1ccc(N2CCN(C)CC2)cc1Br. The molecule has 1 aliphatic rings. The lowest BCUT2D eigenvalue weighted by atomic mass is 10.1. The molecule has 1 aromatic carbocycles. The topological polar surface area (TPSA) is 18.5 Å². The molecule has 1 aromatic rings. The molecule has 0 radical (unpaired) electrons. The van der Waals surface area contributed by atoms with E-state index in [4.69, 9.17) is 0 Å². The Hall–Kier alpha value is -0.580. The summed E-state index contributed by atoms with van der Waals surface area (Å²) in [6, 6.07) is 6.71. The van der Waals surface area contributed by atoms with E-state index in [0.29, 0.717) is 0 Å². The van der Waals surface area contributed by atoms with E-state index in [1.807, 2.05) is 0 Å². The molecule has 0 saturated carbocycles. The normalized spacial score (nSPS) is 17.2. The smallest absolute Gasteiger partial charge is 0.0378 e. The molecule has 1 aliphatic heterocycles. The summed E-state index contributed by atoms with van der Waals surface area (Å²) < 4.78 is 1.21. The maximum absolute atomic E-state index is 3.68. The van der Waals surface area contributed by atoms with E-state index in [2.05, 4.69) is 63.2 Å². The van der Waals surface area contributed by atoms with Crippen LogP contribution in [0.15, 0.2) is 22.7 Å². The first kappa shape index (κ1) is 13.8. The second-order valence-corrected chi connectivity index (χ2v) is 5.70. The average Bonchev–Trinajstić information content (AvgIpc) is 2.38. The predicted octanol–water partition coefficient (Wildman–Crippen LogP) is 2.31. The summed E-state index contributed by atoms with van der Waals surface area (Å²) in [6.07, 6.45) is 0. The lowest BCUT2D eigenvalue weighted by molar-refractivity contribution is 0.313. The number of benzene rings is 1. The highest BCUT2D eigenvalue weighted by molar-refractivity contribution is 9.10. The average molecular weight is 312 g/mol. The number of rotatable bonds is 4. The first-order valence-electron chi connectivity index (χ1n) is 6.63. The standard InChI is InChI=1S/C14H22BrN3/c1-3-16-11-12-4-5-13(10-14(12)15)18-8-6-17(2)7-9-18/h4-5,10,16H,3,6-9,11H2,1-2H3. The molecule has 4 heteroatoms. The summed E-state index contributed by atoms with van der Waals surface area (Å²) in [7, 11) is 2.19. The first-order chi connectivity index (χ1) is 8.70. The fourth-order valence-corrected chi connectivity index (χ4v) is 2.71. The van der Waals surface area contributed by atoms with E-state index in [0.717, 1.165) is 39.3 Å². The summed E-state index contributed by atoms with van der Waals surface area (Å²) in [6.45, 7) is 8.61. The van der Waals surface area contributed by atoms with Crippen molar-refractivity contribution in [1.82, 2.24) is 10.2 Å². The zero-order chi connectivity index (χ0) is 13.0. The van der Waals surface area contributed by atoms with Gasteiger partial charge in [-0.1, -0.05) is 28.9 Å². The zero-order valence-electron chi connectivity index (χ0n) is 11.2. The van der Waals surface area contributed by atoms with Crippen LogP contribution in [0.2, 0.25) is 0 Å². The molecular formula is C14H22BrN3. The van der Waals surface area contributed by atoms with Crippen LogP contribution >= 0.6 is 15.9 Å². The van der Waals surface area contributed by atoms with Gasteiger partial charge in [-0.3, -0.25) is 0 Å². The number of nitrogens with one attached hydrogen (secondary N) is 1. The zero-order valence-corrected chi connectivity index (χ0v) is 12.8. The number of nitrogens with zero attached hydrogens (tertiary/aromatic N) is 2. The highest BCUT2D eigenvalue weighted by Gasteiger charge is 2.14. The van der Waals surface area contributed by atoms with Gasteiger partial charge in [-0.25, -0.2) is 0 Å². The highest BCUT2D eigenvalue weighted by Crippen LogP contribution is 2.25. The predicted molar refractivity (Wildman–Crippen MR) is 81.2 cm³/mol. The third-order valence-corrected chi connectivity index (χ3v) is 4.21. The second-order valence-electron chi connectivity index (χ2n) is 4.85. The van der Waals surface area contributed by atoms with Gasteiger partial charge in [-0.2, -0.15) is 0 Å². The Morgan fingerprint density at radius 3 is 2.56 bits per heavy atom. The minimum atomic E-state index is 0.931. The lowest BCUT2D eigenvalue weighted by Crippen LogP contribution is -2.44. The fourth-order valence-electron chi connectivity index (χ4n) is 2.20. The summed E-state index contributed by atoms with van der Waals surface area (Å²) in [5, 5.41) is 3.36. The van der Waals surface area contributed by atoms with Crippen LogP contribution in [0.5, 0.6) is 0 Å². The van der Waals surface area contributed by atoms with Crippen molar-refractivity contribution in [3.05, 3.63) is 28.2 Å². The van der Waals surface area contributed by atoms with Crippen molar-refractivity contribution in [2.45, 2.75) is 13.5 Å². The summed E-state index contributed by atoms with van der Waals surface area (Å²) in [5.41, 5.74) is 2.66. The Morgan fingerprint density at radius 2 is 1.94 bits per heavy atom. The molecule has 1 fully saturated rings. The Bertz CT molecular complexity index is 387. The van der Waals surface area contributed by atoms with Gasteiger partial charge in [0.15, 0.2) is 0 Å². The van der Waals surface area contributed by atoms with E-state index in [1.165, 1.54) is 15.7 Å². The van der Waals surface area contributed by atoms with Crippen molar-refractivity contribution < 1.29 is 0 Å². The van der Waals surface area contributed by atoms with Crippen molar-refractivity contribution in [2.75, 3.05) is 44.7 Å². The van der Waals surface area contributed by atoms with Gasteiger partial charge in [-0.05, 0) is 31.3 Å². The van der Waals surface area contributed by atoms with Gasteiger partial charge < -0.3 is 15.1 Å².